The fourth-order valence-corrected chi connectivity index (χ4v) is 2.88. The predicted molar refractivity (Wildman–Crippen MR) is 87.3 cm³/mol. The monoisotopic (exact) mass is 345 g/mol. The van der Waals surface area contributed by atoms with Gasteiger partial charge in [0.05, 0.1) is 0 Å². The molecule has 0 saturated carbocycles. The molecule has 0 fully saturated rings. The van der Waals surface area contributed by atoms with E-state index in [0.717, 1.165) is 46.3 Å². The van der Waals surface area contributed by atoms with Gasteiger partial charge in [0.15, 0.2) is 0 Å². The van der Waals surface area contributed by atoms with Gasteiger partial charge in [0.1, 0.15) is 11.4 Å². The van der Waals surface area contributed by atoms with Crippen molar-refractivity contribution in [1.29, 1.82) is 0 Å². The van der Waals surface area contributed by atoms with Crippen molar-refractivity contribution >= 4 is 27.0 Å². The van der Waals surface area contributed by atoms with E-state index >= 15 is 0 Å². The zero-order valence-corrected chi connectivity index (χ0v) is 13.0. The van der Waals surface area contributed by atoms with Gasteiger partial charge < -0.3 is 15.4 Å². The summed E-state index contributed by atoms with van der Waals surface area (Å²) in [6, 6.07) is 11.3. The van der Waals surface area contributed by atoms with Crippen LogP contribution in [0.3, 0.4) is 0 Å². The van der Waals surface area contributed by atoms with Gasteiger partial charge in [-0.05, 0) is 58.7 Å². The van der Waals surface area contributed by atoms with Crippen LogP contribution in [0.1, 0.15) is 11.3 Å². The molecule has 0 amide bonds. The molecule has 0 saturated heterocycles. The van der Waals surface area contributed by atoms with E-state index in [4.69, 9.17) is 0 Å². The van der Waals surface area contributed by atoms with Crippen molar-refractivity contribution in [2.45, 2.75) is 13.0 Å². The number of H-pyrrole nitrogens is 1. The number of nitrogens with one attached hydrogen (secondary N) is 2. The van der Waals surface area contributed by atoms with Crippen LogP contribution < -0.4 is 5.32 Å². The highest BCUT2D eigenvalue weighted by Crippen LogP contribution is 2.26. The second-order valence-corrected chi connectivity index (χ2v) is 5.71. The average molecular weight is 346 g/mol. The SMILES string of the molecule is Oc1cccc(CCNCc2[nH]c3ncccc3c2Br)c1. The molecular formula is C16H16BrN3O. The van der Waals surface area contributed by atoms with Gasteiger partial charge in [-0.2, -0.15) is 0 Å². The molecule has 2 heterocycles. The maximum Gasteiger partial charge on any atom is 0.138 e. The van der Waals surface area contributed by atoms with E-state index < -0.39 is 0 Å². The van der Waals surface area contributed by atoms with Gasteiger partial charge in [0.2, 0.25) is 0 Å². The van der Waals surface area contributed by atoms with Crippen molar-refractivity contribution in [3.05, 3.63) is 58.3 Å². The minimum absolute atomic E-state index is 0.317. The molecule has 21 heavy (non-hydrogen) atoms. The van der Waals surface area contributed by atoms with Gasteiger partial charge >= 0.3 is 0 Å². The van der Waals surface area contributed by atoms with Gasteiger partial charge in [-0.15, -0.1) is 0 Å². The quantitative estimate of drug-likeness (QED) is 0.621. The van der Waals surface area contributed by atoms with Crippen molar-refractivity contribution < 1.29 is 5.11 Å². The van der Waals surface area contributed by atoms with E-state index in [1.54, 1.807) is 18.3 Å². The molecule has 0 bridgehead atoms. The Hall–Kier alpha value is -1.85. The maximum atomic E-state index is 9.43. The van der Waals surface area contributed by atoms with E-state index in [1.807, 2.05) is 24.3 Å². The number of aromatic amines is 1. The topological polar surface area (TPSA) is 60.9 Å². The Balaban J connectivity index is 1.58. The van der Waals surface area contributed by atoms with Crippen LogP contribution in [0.4, 0.5) is 0 Å². The summed E-state index contributed by atoms with van der Waals surface area (Å²) in [5.41, 5.74) is 3.12. The molecule has 0 radical (unpaired) electrons. The molecule has 4 nitrogen and oxygen atoms in total. The van der Waals surface area contributed by atoms with Crippen LogP contribution in [0, 0.1) is 0 Å². The first-order valence-corrected chi connectivity index (χ1v) is 7.63. The minimum Gasteiger partial charge on any atom is -0.508 e. The molecule has 0 atom stereocenters. The second-order valence-electron chi connectivity index (χ2n) is 4.91. The van der Waals surface area contributed by atoms with Crippen molar-refractivity contribution in [3.63, 3.8) is 0 Å². The summed E-state index contributed by atoms with van der Waals surface area (Å²) in [7, 11) is 0. The summed E-state index contributed by atoms with van der Waals surface area (Å²) in [5.74, 6) is 0.317. The van der Waals surface area contributed by atoms with E-state index in [2.05, 4.69) is 31.2 Å². The number of phenols is 1. The van der Waals surface area contributed by atoms with Gasteiger partial charge in [0.25, 0.3) is 0 Å². The fraction of sp³-hybridized carbons (Fsp3) is 0.188. The van der Waals surface area contributed by atoms with Gasteiger partial charge in [0, 0.05) is 28.3 Å². The summed E-state index contributed by atoms with van der Waals surface area (Å²) in [6.07, 6.45) is 2.66. The predicted octanol–water partition coefficient (Wildman–Crippen LogP) is 3.36. The number of fused-ring (bicyclic) bond motifs is 1. The van der Waals surface area contributed by atoms with Crippen LogP contribution in [0.15, 0.2) is 47.1 Å². The maximum absolute atomic E-state index is 9.43. The van der Waals surface area contributed by atoms with E-state index in [0.29, 0.717) is 5.75 Å². The molecule has 0 aliphatic rings. The lowest BCUT2D eigenvalue weighted by molar-refractivity contribution is 0.474. The standard InChI is InChI=1S/C16H16BrN3O/c17-15-13-5-2-7-19-16(13)20-14(15)10-18-8-6-11-3-1-4-12(21)9-11/h1-5,7,9,18,21H,6,8,10H2,(H,19,20). The largest absolute Gasteiger partial charge is 0.508 e. The smallest absolute Gasteiger partial charge is 0.138 e. The van der Waals surface area contributed by atoms with Gasteiger partial charge in [-0.3, -0.25) is 0 Å². The highest BCUT2D eigenvalue weighted by atomic mass is 79.9. The molecule has 3 N–H and O–H groups in total. The number of hydrogen-bond donors (Lipinski definition) is 3. The lowest BCUT2D eigenvalue weighted by atomic mass is 10.1. The first-order chi connectivity index (χ1) is 10.2. The van der Waals surface area contributed by atoms with Crippen LogP contribution in [-0.2, 0) is 13.0 Å². The Morgan fingerprint density at radius 1 is 1.24 bits per heavy atom. The zero-order valence-electron chi connectivity index (χ0n) is 11.4. The van der Waals surface area contributed by atoms with Crippen molar-refractivity contribution in [1.82, 2.24) is 15.3 Å². The summed E-state index contributed by atoms with van der Waals surface area (Å²) in [4.78, 5) is 7.62. The first kappa shape index (κ1) is 14.1. The molecule has 5 heteroatoms. The first-order valence-electron chi connectivity index (χ1n) is 6.84. The van der Waals surface area contributed by atoms with Crippen molar-refractivity contribution in [2.24, 2.45) is 0 Å². The summed E-state index contributed by atoms with van der Waals surface area (Å²) >= 11 is 3.61. The molecule has 108 valence electrons. The molecule has 0 unspecified atom stereocenters. The number of aromatic nitrogens is 2. The number of hydrogen-bond acceptors (Lipinski definition) is 3. The third-order valence-corrected chi connectivity index (χ3v) is 4.29. The number of nitrogens with zero attached hydrogens (tertiary/aromatic N) is 1. The Morgan fingerprint density at radius 3 is 2.95 bits per heavy atom. The molecule has 2 aromatic heterocycles. The second kappa shape index (κ2) is 6.28. The van der Waals surface area contributed by atoms with Crippen LogP contribution in [-0.4, -0.2) is 21.6 Å². The summed E-state index contributed by atoms with van der Waals surface area (Å²) < 4.78 is 1.07. The minimum atomic E-state index is 0.317. The van der Waals surface area contributed by atoms with Crippen LogP contribution >= 0.6 is 15.9 Å². The third kappa shape index (κ3) is 3.25. The third-order valence-electron chi connectivity index (χ3n) is 3.38. The Morgan fingerprint density at radius 2 is 2.14 bits per heavy atom. The molecule has 0 aliphatic heterocycles. The molecule has 1 aromatic carbocycles. The molecule has 3 rings (SSSR count). The number of benzene rings is 1. The summed E-state index contributed by atoms with van der Waals surface area (Å²) in [6.45, 7) is 1.59. The van der Waals surface area contributed by atoms with Crippen molar-refractivity contribution in [3.8, 4) is 5.75 Å². The van der Waals surface area contributed by atoms with E-state index in [9.17, 15) is 5.11 Å². The van der Waals surface area contributed by atoms with Gasteiger partial charge in [-0.1, -0.05) is 12.1 Å². The van der Waals surface area contributed by atoms with Crippen LogP contribution in [0.5, 0.6) is 5.75 Å². The number of pyridine rings is 1. The van der Waals surface area contributed by atoms with Crippen molar-refractivity contribution in [2.75, 3.05) is 6.54 Å². The van der Waals surface area contributed by atoms with E-state index in [-0.39, 0.29) is 0 Å². The number of aromatic hydroxyl groups is 1. The fourth-order valence-electron chi connectivity index (χ4n) is 2.32. The normalized spacial score (nSPS) is 11.1. The lowest BCUT2D eigenvalue weighted by Gasteiger charge is -2.05. The van der Waals surface area contributed by atoms with Crippen LogP contribution in [0.25, 0.3) is 11.0 Å². The summed E-state index contributed by atoms with van der Waals surface area (Å²) in [5, 5.41) is 13.9. The molecular weight excluding hydrogens is 330 g/mol. The lowest BCUT2D eigenvalue weighted by Crippen LogP contribution is -2.17. The molecule has 3 aromatic rings. The highest BCUT2D eigenvalue weighted by molar-refractivity contribution is 9.10. The molecule has 0 spiro atoms. The van der Waals surface area contributed by atoms with E-state index in [1.165, 1.54) is 0 Å². The number of rotatable bonds is 5. The average Bonchev–Trinajstić information content (AvgIpc) is 2.81. The van der Waals surface area contributed by atoms with Gasteiger partial charge in [-0.25, -0.2) is 4.98 Å². The number of phenolic OH excluding ortho intramolecular Hbond substituents is 1. The zero-order chi connectivity index (χ0) is 14.7. The Kier molecular flexibility index (Phi) is 4.22. The Bertz CT molecular complexity index is 754. The Labute approximate surface area is 131 Å². The molecule has 0 aliphatic carbocycles. The van der Waals surface area contributed by atoms with Crippen LogP contribution in [0.2, 0.25) is 0 Å². The number of halogens is 1. The highest BCUT2D eigenvalue weighted by Gasteiger charge is 2.08.